The number of fused-ring (bicyclic) bond motifs is 2. The lowest BCUT2D eigenvalue weighted by Gasteiger charge is -2.32. The summed E-state index contributed by atoms with van der Waals surface area (Å²) in [6, 6.07) is 0. The summed E-state index contributed by atoms with van der Waals surface area (Å²) < 4.78 is 11.5. The van der Waals surface area contributed by atoms with Gasteiger partial charge < -0.3 is 19.7 Å². The summed E-state index contributed by atoms with van der Waals surface area (Å²) in [5.41, 5.74) is 0. The molecule has 1 amide bonds. The lowest BCUT2D eigenvalue weighted by molar-refractivity contribution is -0.141. The number of amides is 1. The number of rotatable bonds is 4. The normalized spacial score (nSPS) is 31.7. The molecule has 19 heavy (non-hydrogen) atoms. The summed E-state index contributed by atoms with van der Waals surface area (Å²) in [6.07, 6.45) is 5.78. The van der Waals surface area contributed by atoms with E-state index < -0.39 is 0 Å². The number of ether oxygens (including phenoxy) is 2. The molecular weight excluding hydrogens is 244 g/mol. The first-order valence-corrected chi connectivity index (χ1v) is 7.57. The molecule has 0 saturated carbocycles. The van der Waals surface area contributed by atoms with Crippen molar-refractivity contribution >= 4 is 5.91 Å². The number of nitrogens with zero attached hydrogens (tertiary/aromatic N) is 1. The van der Waals surface area contributed by atoms with E-state index in [1.165, 1.54) is 0 Å². The second-order valence-electron chi connectivity index (χ2n) is 5.83. The van der Waals surface area contributed by atoms with Gasteiger partial charge in [-0.15, -0.1) is 0 Å². The van der Waals surface area contributed by atoms with Crippen LogP contribution in [-0.2, 0) is 14.3 Å². The van der Waals surface area contributed by atoms with Gasteiger partial charge in [-0.1, -0.05) is 0 Å². The maximum Gasteiger partial charge on any atom is 0.225 e. The maximum atomic E-state index is 12.1. The second-order valence-corrected chi connectivity index (χ2v) is 5.83. The molecular formula is C14H24N2O3. The van der Waals surface area contributed by atoms with Gasteiger partial charge >= 0.3 is 0 Å². The third-order valence-electron chi connectivity index (χ3n) is 4.35. The van der Waals surface area contributed by atoms with Crippen molar-refractivity contribution in [2.24, 2.45) is 0 Å². The molecule has 3 fully saturated rings. The van der Waals surface area contributed by atoms with E-state index in [1.54, 1.807) is 0 Å². The first-order valence-electron chi connectivity index (χ1n) is 7.57. The first kappa shape index (κ1) is 13.3. The number of piperidine rings is 1. The Morgan fingerprint density at radius 1 is 1.16 bits per heavy atom. The van der Waals surface area contributed by atoms with Gasteiger partial charge in [-0.3, -0.25) is 4.79 Å². The van der Waals surface area contributed by atoms with E-state index in [1.807, 2.05) is 4.90 Å². The molecule has 1 N–H and O–H groups in total. The van der Waals surface area contributed by atoms with Crippen LogP contribution < -0.4 is 5.32 Å². The Morgan fingerprint density at radius 2 is 1.84 bits per heavy atom. The van der Waals surface area contributed by atoms with Crippen molar-refractivity contribution in [2.45, 2.75) is 50.4 Å². The van der Waals surface area contributed by atoms with Crippen LogP contribution in [0.4, 0.5) is 0 Å². The van der Waals surface area contributed by atoms with Gasteiger partial charge in [0.2, 0.25) is 5.91 Å². The molecule has 3 aliphatic rings. The van der Waals surface area contributed by atoms with E-state index in [-0.39, 0.29) is 18.1 Å². The molecule has 5 nitrogen and oxygen atoms in total. The Bertz CT molecular complexity index is 306. The summed E-state index contributed by atoms with van der Waals surface area (Å²) in [6.45, 7) is 4.19. The summed E-state index contributed by atoms with van der Waals surface area (Å²) >= 11 is 0. The maximum absolute atomic E-state index is 12.1. The van der Waals surface area contributed by atoms with Gasteiger partial charge in [0.15, 0.2) is 0 Å². The molecule has 5 heteroatoms. The zero-order chi connectivity index (χ0) is 13.1. The van der Waals surface area contributed by atoms with Crippen LogP contribution in [0.1, 0.15) is 32.1 Å². The monoisotopic (exact) mass is 268 g/mol. The molecule has 0 aromatic heterocycles. The highest BCUT2D eigenvalue weighted by Gasteiger charge is 2.35. The third-order valence-corrected chi connectivity index (χ3v) is 4.35. The number of hydrogen-bond acceptors (Lipinski definition) is 4. The van der Waals surface area contributed by atoms with Gasteiger partial charge in [-0.05, 0) is 38.8 Å². The van der Waals surface area contributed by atoms with Crippen LogP contribution in [0.3, 0.4) is 0 Å². The predicted molar refractivity (Wildman–Crippen MR) is 70.9 cm³/mol. The molecule has 0 spiro atoms. The van der Waals surface area contributed by atoms with Crippen molar-refractivity contribution in [1.82, 2.24) is 10.2 Å². The van der Waals surface area contributed by atoms with Crippen LogP contribution in [0, 0.1) is 0 Å². The van der Waals surface area contributed by atoms with E-state index in [0.29, 0.717) is 19.1 Å². The van der Waals surface area contributed by atoms with Crippen LogP contribution in [0.2, 0.25) is 0 Å². The highest BCUT2D eigenvalue weighted by Crippen LogP contribution is 2.26. The van der Waals surface area contributed by atoms with Gasteiger partial charge in [0.25, 0.3) is 0 Å². The number of carbonyl (C=O) groups excluding carboxylic acids is 1. The van der Waals surface area contributed by atoms with Crippen molar-refractivity contribution in [3.8, 4) is 0 Å². The molecule has 2 bridgehead atoms. The molecule has 3 rings (SSSR count). The molecule has 0 aromatic carbocycles. The number of nitrogens with one attached hydrogen (secondary N) is 1. The van der Waals surface area contributed by atoms with Crippen molar-refractivity contribution in [3.63, 3.8) is 0 Å². The van der Waals surface area contributed by atoms with Crippen LogP contribution in [0.25, 0.3) is 0 Å². The Morgan fingerprint density at radius 3 is 2.53 bits per heavy atom. The smallest absolute Gasteiger partial charge is 0.225 e. The van der Waals surface area contributed by atoms with E-state index in [0.717, 1.165) is 51.9 Å². The predicted octanol–water partition coefficient (Wildman–Crippen LogP) is 0.535. The molecule has 0 aromatic rings. The van der Waals surface area contributed by atoms with Gasteiger partial charge in [0, 0.05) is 13.1 Å². The van der Waals surface area contributed by atoms with Crippen LogP contribution in [0.5, 0.6) is 0 Å². The average molecular weight is 268 g/mol. The Kier molecular flexibility index (Phi) is 4.35. The zero-order valence-electron chi connectivity index (χ0n) is 11.5. The van der Waals surface area contributed by atoms with Crippen LogP contribution in [0.15, 0.2) is 0 Å². The number of hydrogen-bond donors (Lipinski definition) is 1. The standard InChI is InChI=1S/C14H24N2O3/c17-14(5-8-18-11-3-6-15-7-4-11)16-9-12-1-2-13(10-16)19-12/h11-13,15H,1-10H2. The van der Waals surface area contributed by atoms with E-state index in [2.05, 4.69) is 5.32 Å². The fraction of sp³-hybridized carbons (Fsp3) is 0.929. The zero-order valence-corrected chi connectivity index (χ0v) is 11.5. The number of carbonyl (C=O) groups is 1. The summed E-state index contributed by atoms with van der Waals surface area (Å²) in [4.78, 5) is 14.1. The van der Waals surface area contributed by atoms with Crippen LogP contribution in [-0.4, -0.2) is 61.9 Å². The van der Waals surface area contributed by atoms with Crippen molar-refractivity contribution in [2.75, 3.05) is 32.8 Å². The molecule has 3 saturated heterocycles. The number of likely N-dealkylation sites (tertiary alicyclic amines) is 1. The van der Waals surface area contributed by atoms with E-state index in [4.69, 9.17) is 9.47 Å². The largest absolute Gasteiger partial charge is 0.378 e. The Labute approximate surface area is 114 Å². The molecule has 2 atom stereocenters. The van der Waals surface area contributed by atoms with Gasteiger partial charge in [-0.25, -0.2) is 0 Å². The van der Waals surface area contributed by atoms with Gasteiger partial charge in [0.1, 0.15) is 0 Å². The fourth-order valence-electron chi connectivity index (χ4n) is 3.25. The summed E-state index contributed by atoms with van der Waals surface area (Å²) in [7, 11) is 0. The van der Waals surface area contributed by atoms with E-state index >= 15 is 0 Å². The minimum absolute atomic E-state index is 0.231. The molecule has 108 valence electrons. The SMILES string of the molecule is O=C(CCOC1CCNCC1)N1CC2CCC(C1)O2. The molecule has 0 aliphatic carbocycles. The summed E-state index contributed by atoms with van der Waals surface area (Å²) in [5, 5.41) is 3.31. The third kappa shape index (κ3) is 3.46. The van der Waals surface area contributed by atoms with E-state index in [9.17, 15) is 4.79 Å². The minimum Gasteiger partial charge on any atom is -0.378 e. The number of morpholine rings is 1. The fourth-order valence-corrected chi connectivity index (χ4v) is 3.25. The van der Waals surface area contributed by atoms with Crippen LogP contribution >= 0.6 is 0 Å². The van der Waals surface area contributed by atoms with Gasteiger partial charge in [-0.2, -0.15) is 0 Å². The van der Waals surface area contributed by atoms with Gasteiger partial charge in [0.05, 0.1) is 31.3 Å². The first-order chi connectivity index (χ1) is 9.31. The quantitative estimate of drug-likeness (QED) is 0.808. The molecule has 3 heterocycles. The average Bonchev–Trinajstić information content (AvgIpc) is 2.78. The molecule has 0 radical (unpaired) electrons. The lowest BCUT2D eigenvalue weighted by Crippen LogP contribution is -2.46. The topological polar surface area (TPSA) is 50.8 Å². The van der Waals surface area contributed by atoms with Crippen molar-refractivity contribution < 1.29 is 14.3 Å². The van der Waals surface area contributed by atoms with Crippen molar-refractivity contribution in [3.05, 3.63) is 0 Å². The van der Waals surface area contributed by atoms with Crippen molar-refractivity contribution in [1.29, 1.82) is 0 Å². The highest BCUT2D eigenvalue weighted by molar-refractivity contribution is 5.76. The highest BCUT2D eigenvalue weighted by atomic mass is 16.5. The molecule has 3 aliphatic heterocycles. The lowest BCUT2D eigenvalue weighted by atomic mass is 10.1. The minimum atomic E-state index is 0.231. The Balaban J connectivity index is 1.36. The molecule has 2 unspecified atom stereocenters. The second kappa shape index (κ2) is 6.20. The summed E-state index contributed by atoms with van der Waals surface area (Å²) in [5.74, 6) is 0.231. The Hall–Kier alpha value is -0.650.